The fourth-order valence-electron chi connectivity index (χ4n) is 2.55. The fraction of sp³-hybridized carbons (Fsp3) is 0.286. The second kappa shape index (κ2) is 4.42. The molecule has 1 aliphatic heterocycles. The first kappa shape index (κ1) is 11.8. The van der Waals surface area contributed by atoms with Gasteiger partial charge in [-0.25, -0.2) is 0 Å². The van der Waals surface area contributed by atoms with Gasteiger partial charge < -0.3 is 10.6 Å². The van der Waals surface area contributed by atoms with Crippen LogP contribution in [0.1, 0.15) is 22.5 Å². The van der Waals surface area contributed by atoms with Crippen molar-refractivity contribution in [2.75, 3.05) is 17.2 Å². The van der Waals surface area contributed by atoms with E-state index in [1.54, 1.807) is 24.0 Å². The summed E-state index contributed by atoms with van der Waals surface area (Å²) in [5.74, 6) is -0.00859. The van der Waals surface area contributed by atoms with Crippen LogP contribution in [0.25, 0.3) is 0 Å². The fourth-order valence-corrected chi connectivity index (χ4v) is 2.55. The molecular weight excluding hydrogens is 240 g/mol. The molecule has 1 aliphatic rings. The number of carbonyl (C=O) groups is 1. The number of hydrogen-bond donors (Lipinski definition) is 1. The van der Waals surface area contributed by atoms with E-state index in [9.17, 15) is 4.79 Å². The summed E-state index contributed by atoms with van der Waals surface area (Å²) in [6.45, 7) is 0.737. The highest BCUT2D eigenvalue weighted by molar-refractivity contribution is 6.05. The zero-order chi connectivity index (χ0) is 13.4. The number of benzene rings is 1. The highest BCUT2D eigenvalue weighted by Crippen LogP contribution is 2.29. The molecule has 0 atom stereocenters. The Labute approximate surface area is 111 Å². The van der Waals surface area contributed by atoms with Crippen LogP contribution in [-0.4, -0.2) is 22.2 Å². The van der Waals surface area contributed by atoms with Crippen LogP contribution in [0.4, 0.5) is 11.4 Å². The van der Waals surface area contributed by atoms with Gasteiger partial charge in [0, 0.05) is 31.2 Å². The van der Waals surface area contributed by atoms with Gasteiger partial charge in [-0.1, -0.05) is 0 Å². The Hall–Kier alpha value is -2.30. The van der Waals surface area contributed by atoms with Gasteiger partial charge in [-0.3, -0.25) is 9.48 Å². The van der Waals surface area contributed by atoms with E-state index in [0.717, 1.165) is 36.3 Å². The van der Waals surface area contributed by atoms with Gasteiger partial charge in [0.2, 0.25) is 0 Å². The molecule has 3 rings (SSSR count). The molecule has 2 N–H and O–H groups in total. The van der Waals surface area contributed by atoms with Crippen molar-refractivity contribution in [1.82, 2.24) is 9.78 Å². The van der Waals surface area contributed by atoms with Crippen LogP contribution in [0, 0.1) is 0 Å². The van der Waals surface area contributed by atoms with Gasteiger partial charge in [-0.15, -0.1) is 0 Å². The molecule has 0 fully saturated rings. The number of aryl methyl sites for hydroxylation is 2. The van der Waals surface area contributed by atoms with E-state index in [2.05, 4.69) is 5.10 Å². The minimum absolute atomic E-state index is 0.00859. The largest absolute Gasteiger partial charge is 0.399 e. The molecule has 5 heteroatoms. The van der Waals surface area contributed by atoms with Crippen molar-refractivity contribution in [2.24, 2.45) is 7.05 Å². The van der Waals surface area contributed by atoms with Crippen LogP contribution >= 0.6 is 0 Å². The second-order valence-electron chi connectivity index (χ2n) is 4.79. The minimum atomic E-state index is -0.00859. The highest BCUT2D eigenvalue weighted by Gasteiger charge is 2.25. The summed E-state index contributed by atoms with van der Waals surface area (Å²) >= 11 is 0. The molecule has 0 radical (unpaired) electrons. The summed E-state index contributed by atoms with van der Waals surface area (Å²) in [7, 11) is 1.78. The molecule has 0 spiro atoms. The normalized spacial score (nSPS) is 14.3. The molecule has 0 unspecified atom stereocenters. The van der Waals surface area contributed by atoms with Crippen molar-refractivity contribution in [1.29, 1.82) is 0 Å². The van der Waals surface area contributed by atoms with Crippen molar-refractivity contribution in [3.05, 3.63) is 41.7 Å². The van der Waals surface area contributed by atoms with E-state index in [-0.39, 0.29) is 5.91 Å². The quantitative estimate of drug-likeness (QED) is 0.788. The summed E-state index contributed by atoms with van der Waals surface area (Å²) in [6, 6.07) is 7.47. The number of hydrogen-bond acceptors (Lipinski definition) is 3. The van der Waals surface area contributed by atoms with E-state index in [4.69, 9.17) is 5.73 Å². The molecular formula is C14H16N4O. The van der Waals surface area contributed by atoms with E-state index in [1.165, 1.54) is 0 Å². The lowest BCUT2D eigenvalue weighted by Crippen LogP contribution is -2.36. The Balaban J connectivity index is 2.00. The zero-order valence-electron chi connectivity index (χ0n) is 10.8. The third-order valence-electron chi connectivity index (χ3n) is 3.51. The lowest BCUT2D eigenvalue weighted by molar-refractivity contribution is 0.0976. The molecule has 1 aromatic carbocycles. The Morgan fingerprint density at radius 3 is 2.95 bits per heavy atom. The lowest BCUT2D eigenvalue weighted by Gasteiger charge is -2.29. The first-order valence-electron chi connectivity index (χ1n) is 6.35. The van der Waals surface area contributed by atoms with Crippen molar-refractivity contribution < 1.29 is 4.79 Å². The van der Waals surface area contributed by atoms with Gasteiger partial charge in [0.1, 0.15) is 5.69 Å². The minimum Gasteiger partial charge on any atom is -0.399 e. The van der Waals surface area contributed by atoms with Crippen LogP contribution in [0.3, 0.4) is 0 Å². The van der Waals surface area contributed by atoms with E-state index in [0.29, 0.717) is 5.69 Å². The summed E-state index contributed by atoms with van der Waals surface area (Å²) < 4.78 is 1.61. The number of anilines is 2. The van der Waals surface area contributed by atoms with Crippen LogP contribution in [-0.2, 0) is 13.5 Å². The molecule has 98 valence electrons. The summed E-state index contributed by atoms with van der Waals surface area (Å²) in [5, 5.41) is 4.05. The Morgan fingerprint density at radius 2 is 2.21 bits per heavy atom. The van der Waals surface area contributed by atoms with Gasteiger partial charge in [-0.05, 0) is 42.7 Å². The molecule has 0 bridgehead atoms. The van der Waals surface area contributed by atoms with Gasteiger partial charge in [0.25, 0.3) is 5.91 Å². The standard InChI is InChI=1S/C14H16N4O/c1-17-13(6-7-16-17)14(19)18-8-2-3-10-9-11(15)4-5-12(10)18/h4-7,9H,2-3,8,15H2,1H3. The average Bonchev–Trinajstić information content (AvgIpc) is 2.83. The van der Waals surface area contributed by atoms with Gasteiger partial charge >= 0.3 is 0 Å². The first-order chi connectivity index (χ1) is 9.16. The molecule has 0 saturated carbocycles. The maximum absolute atomic E-state index is 12.6. The van der Waals surface area contributed by atoms with Crippen LogP contribution in [0.5, 0.6) is 0 Å². The first-order valence-corrected chi connectivity index (χ1v) is 6.35. The van der Waals surface area contributed by atoms with Crippen molar-refractivity contribution in [2.45, 2.75) is 12.8 Å². The SMILES string of the molecule is Cn1nccc1C(=O)N1CCCc2cc(N)ccc21. The van der Waals surface area contributed by atoms with Crippen molar-refractivity contribution >= 4 is 17.3 Å². The van der Waals surface area contributed by atoms with Crippen LogP contribution in [0.2, 0.25) is 0 Å². The highest BCUT2D eigenvalue weighted by atomic mass is 16.2. The number of rotatable bonds is 1. The molecule has 5 nitrogen and oxygen atoms in total. The third-order valence-corrected chi connectivity index (χ3v) is 3.51. The molecule has 2 heterocycles. The number of nitrogens with zero attached hydrogens (tertiary/aromatic N) is 3. The maximum Gasteiger partial charge on any atom is 0.276 e. The lowest BCUT2D eigenvalue weighted by atomic mass is 10.0. The van der Waals surface area contributed by atoms with E-state index in [1.807, 2.05) is 23.1 Å². The van der Waals surface area contributed by atoms with Crippen LogP contribution < -0.4 is 10.6 Å². The Morgan fingerprint density at radius 1 is 1.37 bits per heavy atom. The smallest absolute Gasteiger partial charge is 0.276 e. The topological polar surface area (TPSA) is 64.2 Å². The molecule has 0 saturated heterocycles. The zero-order valence-corrected chi connectivity index (χ0v) is 10.8. The molecule has 1 amide bonds. The summed E-state index contributed by atoms with van der Waals surface area (Å²) in [4.78, 5) is 14.4. The monoisotopic (exact) mass is 256 g/mol. The number of nitrogens with two attached hydrogens (primary N) is 1. The second-order valence-corrected chi connectivity index (χ2v) is 4.79. The maximum atomic E-state index is 12.6. The molecule has 2 aromatic rings. The summed E-state index contributed by atoms with van der Waals surface area (Å²) in [6.07, 6.45) is 3.57. The van der Waals surface area contributed by atoms with E-state index >= 15 is 0 Å². The number of amides is 1. The van der Waals surface area contributed by atoms with Gasteiger partial charge in [0.05, 0.1) is 0 Å². The van der Waals surface area contributed by atoms with Gasteiger partial charge in [0.15, 0.2) is 0 Å². The number of carbonyl (C=O) groups excluding carboxylic acids is 1. The van der Waals surface area contributed by atoms with E-state index < -0.39 is 0 Å². The molecule has 19 heavy (non-hydrogen) atoms. The Kier molecular flexibility index (Phi) is 2.74. The van der Waals surface area contributed by atoms with Gasteiger partial charge in [-0.2, -0.15) is 5.10 Å². The molecule has 1 aromatic heterocycles. The van der Waals surface area contributed by atoms with Crippen LogP contribution in [0.15, 0.2) is 30.5 Å². The number of fused-ring (bicyclic) bond motifs is 1. The average molecular weight is 256 g/mol. The number of nitrogen functional groups attached to an aromatic ring is 1. The predicted octanol–water partition coefficient (Wildman–Crippen LogP) is 1.60. The van der Waals surface area contributed by atoms with Crippen molar-refractivity contribution in [3.63, 3.8) is 0 Å². The molecule has 0 aliphatic carbocycles. The summed E-state index contributed by atoms with van der Waals surface area (Å²) in [5.41, 5.74) is 9.26. The van der Waals surface area contributed by atoms with Crippen molar-refractivity contribution in [3.8, 4) is 0 Å². The third kappa shape index (κ3) is 1.97. The Bertz CT molecular complexity index is 632. The number of aromatic nitrogens is 2. The predicted molar refractivity (Wildman–Crippen MR) is 74.1 cm³/mol.